The molecule has 35 heteroatoms. The highest BCUT2D eigenvalue weighted by Gasteiger charge is 2.35. The second-order valence-corrected chi connectivity index (χ2v) is 31.4. The molecule has 5 aliphatic rings. The Morgan fingerprint density at radius 2 is 0.800 bits per heavy atom. The summed E-state index contributed by atoms with van der Waals surface area (Å²) in [6, 6.07) is 29.8. The Hall–Kier alpha value is -14.9. The maximum absolute atomic E-state index is 13.7. The van der Waals surface area contributed by atoms with Crippen molar-refractivity contribution < 1.29 is 72.3 Å². The molecular weight excluding hydrogens is 1540 g/mol. The van der Waals surface area contributed by atoms with E-state index in [1.807, 2.05) is 113 Å². The molecule has 0 saturated carbocycles. The van der Waals surface area contributed by atoms with Crippen LogP contribution in [0, 0.1) is 20.8 Å². The fraction of sp³-hybridized carbons (Fsp3) is 0.282. The maximum atomic E-state index is 13.7. The van der Waals surface area contributed by atoms with Crippen LogP contribution in [0.3, 0.4) is 0 Å². The number of nitrogens with one attached hydrogen (secondary N) is 5. The van der Waals surface area contributed by atoms with Crippen LogP contribution >= 0.6 is 0 Å². The summed E-state index contributed by atoms with van der Waals surface area (Å²) in [7, 11) is 0. The van der Waals surface area contributed by atoms with Crippen molar-refractivity contribution in [2.75, 3.05) is 0 Å². The molecule has 3 aliphatic carbocycles. The Bertz CT molecular complexity index is 6420. The van der Waals surface area contributed by atoms with Crippen molar-refractivity contribution in [3.63, 3.8) is 0 Å². The molecule has 7 N–H and O–H groups in total. The Morgan fingerprint density at radius 1 is 0.442 bits per heavy atom. The van der Waals surface area contributed by atoms with Crippen molar-refractivity contribution in [3.8, 4) is 22.9 Å². The van der Waals surface area contributed by atoms with Gasteiger partial charge < -0.3 is 55.7 Å². The van der Waals surface area contributed by atoms with Gasteiger partial charge in [0.05, 0.1) is 64.8 Å². The van der Waals surface area contributed by atoms with Crippen LogP contribution in [0.5, 0.6) is 11.5 Å². The van der Waals surface area contributed by atoms with Gasteiger partial charge in [-0.3, -0.25) is 33.1 Å². The number of amides is 5. The Kier molecular flexibility index (Phi) is 20.8. The number of carboxylic acids is 2. The summed E-state index contributed by atoms with van der Waals surface area (Å²) in [6.07, 6.45) is 11.8. The number of esters is 2. The highest BCUT2D eigenvalue weighted by Crippen LogP contribution is 2.40. The lowest BCUT2D eigenvalue weighted by molar-refractivity contribution is 0.00559. The molecule has 610 valence electrons. The van der Waals surface area contributed by atoms with Gasteiger partial charge >= 0.3 is 23.9 Å². The number of carbonyl (C=O) groups is 9. The molecule has 0 saturated heterocycles. The molecule has 8 aromatic heterocycles. The van der Waals surface area contributed by atoms with Crippen LogP contribution in [0.1, 0.15) is 246 Å². The maximum Gasteiger partial charge on any atom is 0.354 e. The molecule has 35 nitrogen and oxygen atoms in total. The third-order valence-corrected chi connectivity index (χ3v) is 21.3. The first-order chi connectivity index (χ1) is 57.5. The first kappa shape index (κ1) is 78.9. The van der Waals surface area contributed by atoms with E-state index >= 15 is 0 Å². The predicted molar refractivity (Wildman–Crippen MR) is 426 cm³/mol. The summed E-state index contributed by atoms with van der Waals surface area (Å²) in [5.41, 5.74) is 12.9. The molecule has 2 aliphatic heterocycles. The average Bonchev–Trinajstić information content (AvgIpc) is 1.60. The second-order valence-electron chi connectivity index (χ2n) is 31.4. The van der Waals surface area contributed by atoms with Crippen LogP contribution in [-0.4, -0.2) is 148 Å². The lowest BCUT2D eigenvalue weighted by Crippen LogP contribution is -2.30. The normalized spacial score (nSPS) is 15.1. The minimum atomic E-state index is -1.22. The summed E-state index contributed by atoms with van der Waals surface area (Å²) >= 11 is 0. The van der Waals surface area contributed by atoms with Gasteiger partial charge in [0.1, 0.15) is 77.0 Å². The van der Waals surface area contributed by atoms with E-state index < -0.39 is 52.7 Å². The van der Waals surface area contributed by atoms with Crippen LogP contribution in [0.15, 0.2) is 140 Å². The van der Waals surface area contributed by atoms with Crippen LogP contribution in [0.25, 0.3) is 28.3 Å². The Labute approximate surface area is 682 Å². The molecule has 0 fully saturated rings. The minimum absolute atomic E-state index is 0.0734. The monoisotopic (exact) mass is 1620 g/mol. The third-order valence-electron chi connectivity index (χ3n) is 21.3. The van der Waals surface area contributed by atoms with Crippen LogP contribution in [0.2, 0.25) is 0 Å². The van der Waals surface area contributed by atoms with Crippen molar-refractivity contribution in [3.05, 3.63) is 264 Å². The molecule has 13 aromatic rings. The molecule has 5 aromatic carbocycles. The smallest absolute Gasteiger partial charge is 0.354 e. The van der Waals surface area contributed by atoms with E-state index in [-0.39, 0.29) is 88.5 Å². The van der Waals surface area contributed by atoms with Gasteiger partial charge in [-0.2, -0.15) is 15.3 Å². The highest BCUT2D eigenvalue weighted by atomic mass is 16.6. The van der Waals surface area contributed by atoms with Gasteiger partial charge in [0.15, 0.2) is 34.3 Å². The van der Waals surface area contributed by atoms with Crippen LogP contribution < -0.4 is 36.1 Å². The fourth-order valence-electron chi connectivity index (χ4n) is 15.6. The van der Waals surface area contributed by atoms with E-state index in [1.165, 1.54) is 56.4 Å². The van der Waals surface area contributed by atoms with E-state index in [0.717, 1.165) is 67.0 Å². The largest absolute Gasteiger partial charge is 0.483 e. The lowest BCUT2D eigenvalue weighted by Gasteiger charge is -2.21. The standard InChI is InChI=1S/C33H32N8O5.C29H24N8O5.C23H24N4O5/c1-18-20-8-9-23(22(20)7-6-21(18)32(44)46-33(2,3)4)38-31(43)26-14-24(37-28-11-12-36-41(26)28)30(42)34-15-19-5-10-27-25(13-19)40-17-35-39-29(40)16-45-27;1-15-17-5-6-20(19(17)4-3-18(15)29(40)41)34-28(39)23-11-21(33-25-8-9-32-37(23)25)27(38)30-12-16-2-7-24-22(10-16)36-14-31-35-26(36)13-42-24;1-12-13-7-8-16(15(13)6-5-14(12)22(31)32-23(2,3)4)26-20(28)18-11-17(21(29)30)25-19-9-10-24-27(18)19/h5-7,10-14,17,23H,8-9,15-16H2,1-4H3,(H,34,42)(H,38,43);2-4,7-11,14,20H,5-6,12-13H2,1H3,(H,30,38)(H,34,39)(H,40,41);5-6,9-11,16H,7-8H2,1-4H3,(H,26,28)(H,29,30)/t23-;20-;16-/m000/s1. The number of carboxylic acid groups (broad SMARTS) is 2. The molecule has 5 amide bonds. The molecule has 120 heavy (non-hydrogen) atoms. The fourth-order valence-corrected chi connectivity index (χ4v) is 15.6. The van der Waals surface area contributed by atoms with Crippen molar-refractivity contribution in [2.45, 2.75) is 156 Å². The van der Waals surface area contributed by atoms with Crippen molar-refractivity contribution in [1.82, 2.24) is 99.9 Å². The highest BCUT2D eigenvalue weighted by molar-refractivity contribution is 6.01. The number of aromatic nitrogens is 15. The van der Waals surface area contributed by atoms with Crippen molar-refractivity contribution in [2.24, 2.45) is 0 Å². The summed E-state index contributed by atoms with van der Waals surface area (Å²) in [5.74, 6) is -2.30. The van der Waals surface area contributed by atoms with Crippen LogP contribution in [-0.2, 0) is 55.0 Å². The Morgan fingerprint density at radius 3 is 1.17 bits per heavy atom. The molecule has 0 unspecified atom stereocenters. The summed E-state index contributed by atoms with van der Waals surface area (Å²) in [5, 5.41) is 62.2. The molecule has 0 radical (unpaired) electrons. The van der Waals surface area contributed by atoms with E-state index in [1.54, 1.807) is 56.0 Å². The first-order valence-electron chi connectivity index (χ1n) is 38.6. The zero-order valence-corrected chi connectivity index (χ0v) is 66.5. The molecule has 0 bridgehead atoms. The number of fused-ring (bicyclic) bond motifs is 12. The quantitative estimate of drug-likeness (QED) is 0.0442. The van der Waals surface area contributed by atoms with E-state index in [9.17, 15) is 53.4 Å². The zero-order valence-electron chi connectivity index (χ0n) is 66.5. The Balaban J connectivity index is 0.000000136. The van der Waals surface area contributed by atoms with Gasteiger partial charge in [-0.05, 0) is 205 Å². The van der Waals surface area contributed by atoms with Gasteiger partial charge in [0, 0.05) is 49.5 Å². The molecule has 3 atom stereocenters. The number of aromatic carboxylic acids is 2. The lowest BCUT2D eigenvalue weighted by atomic mass is 9.97. The summed E-state index contributed by atoms with van der Waals surface area (Å²) in [6.45, 7) is 17.7. The number of carbonyl (C=O) groups excluding carboxylic acids is 7. The van der Waals surface area contributed by atoms with Crippen molar-refractivity contribution >= 4 is 70.4 Å². The number of rotatable bonds is 16. The van der Waals surface area contributed by atoms with Gasteiger partial charge in [-0.1, -0.05) is 30.3 Å². The number of hydrogen-bond donors (Lipinski definition) is 7. The number of hydrogen-bond acceptors (Lipinski definition) is 23. The van der Waals surface area contributed by atoms with Crippen LogP contribution in [0.4, 0.5) is 0 Å². The third kappa shape index (κ3) is 15.8. The van der Waals surface area contributed by atoms with Crippen molar-refractivity contribution in [1.29, 1.82) is 0 Å². The average molecular weight is 1620 g/mol. The van der Waals surface area contributed by atoms with E-state index in [2.05, 4.69) is 77.2 Å². The second kappa shape index (κ2) is 31.6. The topological polar surface area (TPSA) is 443 Å². The van der Waals surface area contributed by atoms with E-state index in [0.29, 0.717) is 103 Å². The SMILES string of the molecule is Cc1c(C(=O)O)ccc2c1CC[C@@H]2NC(=O)c1cc(C(=O)NCc2ccc3c(c2)-n2cnnc2CO3)nc2ccnn12.Cc1c(C(=O)OC(C)(C)C)ccc2c1CC[C@@H]2NC(=O)c1cc(C(=O)NCc2ccc3c(c2)-n2cnnc2CO3)nc2ccnn12.Cc1c(C(=O)OC(C)(C)C)ccc2c1CC[C@@H]2NC(=O)c1cc(C(=O)O)nc2ccnn12. The van der Waals surface area contributed by atoms with E-state index in [4.69, 9.17) is 18.9 Å². The number of benzene rings is 5. The van der Waals surface area contributed by atoms with Gasteiger partial charge in [0.25, 0.3) is 29.5 Å². The molecular formula is C85H80N20O15. The minimum Gasteiger partial charge on any atom is -0.483 e. The summed E-state index contributed by atoms with van der Waals surface area (Å²) in [4.78, 5) is 128. The zero-order chi connectivity index (χ0) is 84.3. The van der Waals surface area contributed by atoms with Gasteiger partial charge in [0.2, 0.25) is 0 Å². The molecule has 10 heterocycles. The first-order valence-corrected chi connectivity index (χ1v) is 38.6. The van der Waals surface area contributed by atoms with Gasteiger partial charge in [-0.15, -0.1) is 20.4 Å². The molecule has 18 rings (SSSR count). The number of nitrogens with zero attached hydrogens (tertiary/aromatic N) is 15. The van der Waals surface area contributed by atoms with Gasteiger partial charge in [-0.25, -0.2) is 47.7 Å². The molecule has 0 spiro atoms. The predicted octanol–water partition coefficient (Wildman–Crippen LogP) is 9.48. The number of ether oxygens (including phenoxy) is 4. The summed E-state index contributed by atoms with van der Waals surface area (Å²) < 4.78 is 30.4.